The van der Waals surface area contributed by atoms with Gasteiger partial charge in [0.1, 0.15) is 0 Å². The number of piperidine rings is 1. The second-order valence-electron chi connectivity index (χ2n) is 7.24. The molecule has 0 aliphatic carbocycles. The number of allylic oxidation sites excluding steroid dienone is 4. The van der Waals surface area contributed by atoms with E-state index in [0.717, 1.165) is 24.0 Å². The third-order valence-electron chi connectivity index (χ3n) is 5.22. The van der Waals surface area contributed by atoms with Crippen molar-refractivity contribution in [3.05, 3.63) is 47.9 Å². The van der Waals surface area contributed by atoms with Gasteiger partial charge < -0.3 is 10.2 Å². The Bertz CT molecular complexity index is 684. The summed E-state index contributed by atoms with van der Waals surface area (Å²) in [6.45, 7) is 6.38. The summed E-state index contributed by atoms with van der Waals surface area (Å²) in [6.07, 6.45) is 17.3. The Morgan fingerprint density at radius 2 is 2.36 bits per heavy atom. The topological polar surface area (TPSA) is 27.6 Å². The largest absolute Gasteiger partial charge is 0.311 e. The van der Waals surface area contributed by atoms with Crippen LogP contribution in [0.5, 0.6) is 0 Å². The minimum absolute atomic E-state index is 0.536. The predicted octanol–water partition coefficient (Wildman–Crippen LogP) is 4.17. The summed E-state index contributed by atoms with van der Waals surface area (Å²) >= 11 is 0. The molecule has 2 fully saturated rings. The van der Waals surface area contributed by atoms with Gasteiger partial charge in [0.2, 0.25) is 0 Å². The van der Waals surface area contributed by atoms with Crippen molar-refractivity contribution in [2.75, 3.05) is 7.05 Å². The molecule has 0 saturated carbocycles. The number of fused-ring (bicyclic) bond motifs is 2. The van der Waals surface area contributed by atoms with Gasteiger partial charge in [0.15, 0.2) is 0 Å². The number of nitrogens with one attached hydrogen (secondary N) is 1. The SMILES string of the molecule is C=C(C=CN=CCCC)C1=CN(C)C#CC(C2CC3CCCC2N3)=C1. The van der Waals surface area contributed by atoms with Crippen molar-refractivity contribution < 1.29 is 0 Å². The van der Waals surface area contributed by atoms with E-state index in [9.17, 15) is 0 Å². The number of hydrogen-bond donors (Lipinski definition) is 1. The molecule has 25 heavy (non-hydrogen) atoms. The monoisotopic (exact) mass is 335 g/mol. The van der Waals surface area contributed by atoms with Crippen LogP contribution in [-0.4, -0.2) is 30.2 Å². The predicted molar refractivity (Wildman–Crippen MR) is 106 cm³/mol. The quantitative estimate of drug-likeness (QED) is 0.448. The lowest BCUT2D eigenvalue weighted by Crippen LogP contribution is -2.35. The van der Waals surface area contributed by atoms with Crippen LogP contribution in [0, 0.1) is 17.9 Å². The number of rotatable bonds is 6. The Balaban J connectivity index is 1.75. The van der Waals surface area contributed by atoms with Crippen molar-refractivity contribution in [1.29, 1.82) is 0 Å². The first-order valence-electron chi connectivity index (χ1n) is 9.48. The molecule has 2 bridgehead atoms. The molecule has 1 N–H and O–H groups in total. The van der Waals surface area contributed by atoms with Crippen molar-refractivity contribution in [3.63, 3.8) is 0 Å². The van der Waals surface area contributed by atoms with Crippen LogP contribution >= 0.6 is 0 Å². The van der Waals surface area contributed by atoms with Gasteiger partial charge in [0.25, 0.3) is 0 Å². The van der Waals surface area contributed by atoms with Crippen molar-refractivity contribution >= 4 is 6.21 Å². The second-order valence-corrected chi connectivity index (χ2v) is 7.24. The van der Waals surface area contributed by atoms with Crippen LogP contribution in [0.25, 0.3) is 0 Å². The van der Waals surface area contributed by atoms with E-state index in [1.807, 2.05) is 30.4 Å². The van der Waals surface area contributed by atoms with Gasteiger partial charge in [-0.25, -0.2) is 0 Å². The molecule has 0 aromatic rings. The molecule has 3 nitrogen and oxygen atoms in total. The minimum Gasteiger partial charge on any atom is -0.311 e. The Labute approximate surface area is 152 Å². The fourth-order valence-corrected chi connectivity index (χ4v) is 3.87. The lowest BCUT2D eigenvalue weighted by molar-refractivity contribution is 0.391. The van der Waals surface area contributed by atoms with E-state index in [1.165, 1.54) is 31.3 Å². The van der Waals surface area contributed by atoms with Gasteiger partial charge in [0.05, 0.1) is 0 Å². The van der Waals surface area contributed by atoms with Crippen LogP contribution in [-0.2, 0) is 0 Å². The van der Waals surface area contributed by atoms with Crippen molar-refractivity contribution in [2.45, 2.75) is 57.5 Å². The number of aliphatic imine (C=N–C) groups is 1. The van der Waals surface area contributed by atoms with E-state index >= 15 is 0 Å². The standard InChI is InChI=1S/C22H29N3/c1-4-5-11-23-12-9-17(2)19-14-18(10-13-25(3)16-19)21-15-20-7-6-8-22(21)24-20/h9,11-12,14,16,20-22,24H,2,4-8,15H2,1,3H3. The highest BCUT2D eigenvalue weighted by Crippen LogP contribution is 2.37. The summed E-state index contributed by atoms with van der Waals surface area (Å²) in [5, 5.41) is 3.77. The van der Waals surface area contributed by atoms with E-state index in [1.54, 1.807) is 0 Å². The molecule has 0 spiro atoms. The zero-order chi connectivity index (χ0) is 17.6. The van der Waals surface area contributed by atoms with Crippen LogP contribution in [0.4, 0.5) is 0 Å². The first-order chi connectivity index (χ1) is 12.2. The summed E-state index contributed by atoms with van der Waals surface area (Å²) in [5.74, 6) is 3.94. The molecular formula is C22H29N3. The van der Waals surface area contributed by atoms with Gasteiger partial charge in [0, 0.05) is 55.3 Å². The average molecular weight is 335 g/mol. The normalized spacial score (nSPS) is 28.6. The third kappa shape index (κ3) is 4.52. The van der Waals surface area contributed by atoms with Gasteiger partial charge >= 0.3 is 0 Å². The molecule has 3 aliphatic rings. The van der Waals surface area contributed by atoms with Gasteiger partial charge in [-0.2, -0.15) is 0 Å². The minimum atomic E-state index is 0.536. The van der Waals surface area contributed by atoms with Crippen LogP contribution < -0.4 is 5.32 Å². The molecule has 0 aromatic carbocycles. The van der Waals surface area contributed by atoms with Crippen molar-refractivity contribution in [3.8, 4) is 12.0 Å². The number of nitrogens with zero attached hydrogens (tertiary/aromatic N) is 2. The molecule has 3 heteroatoms. The summed E-state index contributed by atoms with van der Waals surface area (Å²) in [5.41, 5.74) is 3.33. The highest BCUT2D eigenvalue weighted by molar-refractivity contribution is 5.58. The Hall–Kier alpha value is -2.05. The molecule has 0 aromatic heterocycles. The second kappa shape index (κ2) is 8.36. The maximum Gasteiger partial charge on any atom is 0.0269 e. The Kier molecular flexibility index (Phi) is 5.94. The lowest BCUT2D eigenvalue weighted by Gasteiger charge is -2.22. The summed E-state index contributed by atoms with van der Waals surface area (Å²) < 4.78 is 0. The summed E-state index contributed by atoms with van der Waals surface area (Å²) in [4.78, 5) is 6.25. The van der Waals surface area contributed by atoms with Crippen molar-refractivity contribution in [1.82, 2.24) is 10.2 Å². The van der Waals surface area contributed by atoms with Crippen LogP contribution in [0.3, 0.4) is 0 Å². The van der Waals surface area contributed by atoms with Gasteiger partial charge in [-0.3, -0.25) is 4.99 Å². The molecule has 3 atom stereocenters. The summed E-state index contributed by atoms with van der Waals surface area (Å²) in [6, 6.07) is 4.50. The molecule has 0 amide bonds. The third-order valence-corrected chi connectivity index (χ3v) is 5.22. The maximum absolute atomic E-state index is 4.31. The van der Waals surface area contributed by atoms with Crippen LogP contribution in [0.1, 0.15) is 45.4 Å². The van der Waals surface area contributed by atoms with E-state index in [2.05, 4.69) is 48.1 Å². The Morgan fingerprint density at radius 3 is 3.16 bits per heavy atom. The number of unbranched alkanes of at least 4 members (excludes halogenated alkanes) is 1. The fraction of sp³-hybridized carbons (Fsp3) is 0.500. The molecule has 3 heterocycles. The van der Waals surface area contributed by atoms with Gasteiger partial charge in [-0.05, 0) is 54.9 Å². The van der Waals surface area contributed by atoms with Crippen LogP contribution in [0.15, 0.2) is 52.8 Å². The smallest absolute Gasteiger partial charge is 0.0269 e. The first kappa shape index (κ1) is 17.8. The molecule has 3 unspecified atom stereocenters. The molecule has 132 valence electrons. The first-order valence-corrected chi connectivity index (χ1v) is 9.48. The average Bonchev–Trinajstić information content (AvgIpc) is 2.78. The fourth-order valence-electron chi connectivity index (χ4n) is 3.87. The van der Waals surface area contributed by atoms with Gasteiger partial charge in [-0.1, -0.05) is 26.3 Å². The Morgan fingerprint density at radius 1 is 1.48 bits per heavy atom. The molecule has 3 aliphatic heterocycles. The lowest BCUT2D eigenvalue weighted by atomic mass is 9.89. The molecular weight excluding hydrogens is 306 g/mol. The van der Waals surface area contributed by atoms with E-state index in [-0.39, 0.29) is 0 Å². The molecule has 0 radical (unpaired) electrons. The van der Waals surface area contributed by atoms with Crippen LogP contribution in [0.2, 0.25) is 0 Å². The molecule has 3 rings (SSSR count). The van der Waals surface area contributed by atoms with E-state index in [0.29, 0.717) is 18.0 Å². The van der Waals surface area contributed by atoms with Gasteiger partial charge in [-0.15, -0.1) is 0 Å². The highest BCUT2D eigenvalue weighted by Gasteiger charge is 2.38. The highest BCUT2D eigenvalue weighted by atomic mass is 15.0. The summed E-state index contributed by atoms with van der Waals surface area (Å²) in [7, 11) is 1.99. The van der Waals surface area contributed by atoms with E-state index < -0.39 is 0 Å². The molecule has 2 saturated heterocycles. The maximum atomic E-state index is 4.31. The van der Waals surface area contributed by atoms with E-state index in [4.69, 9.17) is 0 Å². The van der Waals surface area contributed by atoms with Crippen molar-refractivity contribution in [2.24, 2.45) is 10.9 Å². The number of hydrogen-bond acceptors (Lipinski definition) is 3. The zero-order valence-electron chi connectivity index (χ0n) is 15.5. The zero-order valence-corrected chi connectivity index (χ0v) is 15.5.